The first kappa shape index (κ1) is 29.1. The Morgan fingerprint density at radius 1 is 0.417 bits per heavy atom. The fourth-order valence-corrected chi connectivity index (χ4v) is 16.3. The van der Waals surface area contributed by atoms with Crippen molar-refractivity contribution < 1.29 is 9.59 Å². The summed E-state index contributed by atoms with van der Waals surface area (Å²) in [6.07, 6.45) is 21.3. The zero-order chi connectivity index (χ0) is 31.9. The molecule has 0 spiro atoms. The highest BCUT2D eigenvalue weighted by Crippen LogP contribution is 2.69. The minimum Gasteiger partial charge on any atom is -0.306 e. The lowest BCUT2D eigenvalue weighted by atomic mass is 9.43. The summed E-state index contributed by atoms with van der Waals surface area (Å²) in [5.74, 6) is 6.45. The second-order valence-electron chi connectivity index (χ2n) is 19.8. The molecule has 4 nitrogen and oxygen atoms in total. The Kier molecular flexibility index (Phi) is 6.07. The average molecular weight is 643 g/mol. The molecule has 0 heterocycles. The van der Waals surface area contributed by atoms with Gasteiger partial charge in [-0.05, 0) is 187 Å². The Balaban J connectivity index is 0.998. The van der Waals surface area contributed by atoms with E-state index in [1.807, 2.05) is 0 Å². The summed E-state index contributed by atoms with van der Waals surface area (Å²) in [6.45, 7) is 0. The maximum absolute atomic E-state index is 15.8. The van der Waals surface area contributed by atoms with Crippen molar-refractivity contribution in [3.63, 3.8) is 0 Å². The number of nitrogens with zero attached hydrogens (tertiary/aromatic N) is 2. The fourth-order valence-electron chi connectivity index (χ4n) is 16.3. The third-order valence-corrected chi connectivity index (χ3v) is 16.4. The number of rotatable bonds is 6. The van der Waals surface area contributed by atoms with Crippen LogP contribution in [0.1, 0.15) is 116 Å². The molecule has 12 fully saturated rings. The zero-order valence-electron chi connectivity index (χ0n) is 28.8. The number of anilines is 2. The molecule has 2 amide bonds. The molecule has 0 aromatic heterocycles. The SMILES string of the molecule is O=C(N(c1ccccc1)C12CC3CC(CC(C3)C1)C2)C12CC3CC(C1)CC(C(=O)N(c1ccccc1)C14CC5CC(CC(C5)C1)C4)(C3)C2. The molecule has 2 aromatic carbocycles. The van der Waals surface area contributed by atoms with Gasteiger partial charge in [0.15, 0.2) is 0 Å². The summed E-state index contributed by atoms with van der Waals surface area (Å²) in [4.78, 5) is 36.5. The standard InChI is InChI=1S/C44H54N2O2/c47-39(45(37-7-3-1-4-8-37)43-22-29-11-30(23-43)13-31(12-29)24-43)41-18-35-17-36(19-41)21-42(20-35,28-41)40(48)46(38-9-5-2-6-10-38)44-25-32-14-33(26-44)16-34(15-32)27-44/h1-10,29-36H,11-28H2. The molecule has 12 bridgehead atoms. The summed E-state index contributed by atoms with van der Waals surface area (Å²) in [5, 5.41) is 0. The second-order valence-corrected chi connectivity index (χ2v) is 19.8. The maximum atomic E-state index is 15.8. The lowest BCUT2D eigenvalue weighted by Crippen LogP contribution is -2.69. The molecule has 252 valence electrons. The molecule has 0 radical (unpaired) electrons. The lowest BCUT2D eigenvalue weighted by Gasteiger charge is -2.66. The summed E-state index contributed by atoms with van der Waals surface area (Å²) in [6, 6.07) is 21.7. The van der Waals surface area contributed by atoms with Crippen LogP contribution in [0.25, 0.3) is 0 Å². The zero-order valence-corrected chi connectivity index (χ0v) is 28.8. The first-order valence-electron chi connectivity index (χ1n) is 20.1. The van der Waals surface area contributed by atoms with Crippen LogP contribution in [0.3, 0.4) is 0 Å². The predicted octanol–water partition coefficient (Wildman–Crippen LogP) is 9.58. The number of hydrogen-bond acceptors (Lipinski definition) is 2. The highest BCUT2D eigenvalue weighted by Gasteiger charge is 2.68. The van der Waals surface area contributed by atoms with Gasteiger partial charge >= 0.3 is 0 Å². The number of carbonyl (C=O) groups excluding carboxylic acids is 2. The van der Waals surface area contributed by atoms with Crippen molar-refractivity contribution in [1.29, 1.82) is 0 Å². The molecule has 12 aliphatic rings. The van der Waals surface area contributed by atoms with E-state index >= 15 is 9.59 Å². The van der Waals surface area contributed by atoms with Crippen molar-refractivity contribution in [2.75, 3.05) is 9.80 Å². The Morgan fingerprint density at radius 2 is 0.708 bits per heavy atom. The molecule has 12 aliphatic carbocycles. The van der Waals surface area contributed by atoms with Gasteiger partial charge in [-0.15, -0.1) is 0 Å². The summed E-state index contributed by atoms with van der Waals surface area (Å²) >= 11 is 0. The number of benzene rings is 2. The molecule has 12 saturated carbocycles. The molecule has 14 rings (SSSR count). The van der Waals surface area contributed by atoms with E-state index in [1.165, 1.54) is 83.5 Å². The van der Waals surface area contributed by atoms with Crippen molar-refractivity contribution >= 4 is 23.2 Å². The van der Waals surface area contributed by atoms with Crippen molar-refractivity contribution in [3.05, 3.63) is 60.7 Å². The highest BCUT2D eigenvalue weighted by molar-refractivity contribution is 6.03. The number of para-hydroxylation sites is 2. The van der Waals surface area contributed by atoms with Gasteiger partial charge in [-0.1, -0.05) is 36.4 Å². The quantitative estimate of drug-likeness (QED) is 0.315. The molecule has 0 atom stereocenters. The predicted molar refractivity (Wildman–Crippen MR) is 189 cm³/mol. The molecular weight excluding hydrogens is 588 g/mol. The molecule has 0 unspecified atom stereocenters. The molecule has 2 aromatic rings. The lowest BCUT2D eigenvalue weighted by molar-refractivity contribution is -0.167. The summed E-state index contributed by atoms with van der Waals surface area (Å²) in [5.41, 5.74) is 1.34. The summed E-state index contributed by atoms with van der Waals surface area (Å²) < 4.78 is 0. The molecule has 4 heteroatoms. The van der Waals surface area contributed by atoms with Crippen LogP contribution in [0.4, 0.5) is 11.4 Å². The summed E-state index contributed by atoms with van der Waals surface area (Å²) in [7, 11) is 0. The molecular formula is C44H54N2O2. The van der Waals surface area contributed by atoms with Crippen LogP contribution in [0.15, 0.2) is 60.7 Å². The molecule has 48 heavy (non-hydrogen) atoms. The van der Waals surface area contributed by atoms with Crippen LogP contribution >= 0.6 is 0 Å². The van der Waals surface area contributed by atoms with Crippen LogP contribution < -0.4 is 9.80 Å². The highest BCUT2D eigenvalue weighted by atomic mass is 16.2. The van der Waals surface area contributed by atoms with E-state index in [0.717, 1.165) is 79.0 Å². The van der Waals surface area contributed by atoms with E-state index < -0.39 is 10.8 Å². The third-order valence-electron chi connectivity index (χ3n) is 16.4. The van der Waals surface area contributed by atoms with E-state index in [-0.39, 0.29) is 11.1 Å². The van der Waals surface area contributed by atoms with Crippen LogP contribution in [-0.2, 0) is 9.59 Å². The molecule has 0 saturated heterocycles. The Bertz CT molecular complexity index is 1430. The van der Waals surface area contributed by atoms with E-state index in [1.54, 1.807) is 0 Å². The number of amides is 2. The van der Waals surface area contributed by atoms with Gasteiger partial charge in [0.1, 0.15) is 0 Å². The van der Waals surface area contributed by atoms with Gasteiger partial charge in [0.25, 0.3) is 0 Å². The van der Waals surface area contributed by atoms with E-state index in [2.05, 4.69) is 70.5 Å². The first-order chi connectivity index (χ1) is 23.3. The third kappa shape index (κ3) is 4.13. The van der Waals surface area contributed by atoms with Crippen molar-refractivity contribution in [1.82, 2.24) is 0 Å². The molecule has 0 aliphatic heterocycles. The van der Waals surface area contributed by atoms with Crippen LogP contribution in [-0.4, -0.2) is 22.9 Å². The minimum absolute atomic E-state index is 0.0387. The average Bonchev–Trinajstić information content (AvgIpc) is 3.04. The Morgan fingerprint density at radius 3 is 1.02 bits per heavy atom. The normalized spacial score (nSPS) is 47.0. The van der Waals surface area contributed by atoms with Gasteiger partial charge in [-0.2, -0.15) is 0 Å². The minimum atomic E-state index is -0.414. The van der Waals surface area contributed by atoms with Crippen LogP contribution in [0.2, 0.25) is 0 Å². The van der Waals surface area contributed by atoms with E-state index in [9.17, 15) is 0 Å². The van der Waals surface area contributed by atoms with E-state index in [4.69, 9.17) is 0 Å². The Hall–Kier alpha value is -2.62. The largest absolute Gasteiger partial charge is 0.306 e. The van der Waals surface area contributed by atoms with Crippen molar-refractivity contribution in [3.8, 4) is 0 Å². The monoisotopic (exact) mass is 642 g/mol. The second kappa shape index (κ2) is 10.0. The van der Waals surface area contributed by atoms with Crippen LogP contribution in [0, 0.1) is 58.2 Å². The van der Waals surface area contributed by atoms with Crippen molar-refractivity contribution in [2.24, 2.45) is 58.2 Å². The van der Waals surface area contributed by atoms with Gasteiger partial charge in [-0.25, -0.2) is 0 Å². The first-order valence-corrected chi connectivity index (χ1v) is 20.1. The topological polar surface area (TPSA) is 40.6 Å². The maximum Gasteiger partial charge on any atom is 0.233 e. The number of hydrogen-bond donors (Lipinski definition) is 0. The van der Waals surface area contributed by atoms with Gasteiger partial charge in [0.2, 0.25) is 11.8 Å². The fraction of sp³-hybridized carbons (Fsp3) is 0.682. The number of carbonyl (C=O) groups is 2. The van der Waals surface area contributed by atoms with Crippen LogP contribution in [0.5, 0.6) is 0 Å². The van der Waals surface area contributed by atoms with Gasteiger partial charge < -0.3 is 9.80 Å². The van der Waals surface area contributed by atoms with Gasteiger partial charge in [0, 0.05) is 22.5 Å². The molecule has 0 N–H and O–H groups in total. The Labute approximate surface area is 287 Å². The van der Waals surface area contributed by atoms with Crippen molar-refractivity contribution in [2.45, 2.75) is 127 Å². The van der Waals surface area contributed by atoms with Gasteiger partial charge in [0.05, 0.1) is 10.8 Å². The smallest absolute Gasteiger partial charge is 0.233 e. The van der Waals surface area contributed by atoms with E-state index in [0.29, 0.717) is 23.7 Å². The van der Waals surface area contributed by atoms with Gasteiger partial charge in [-0.3, -0.25) is 9.59 Å².